The zero-order valence-corrected chi connectivity index (χ0v) is 32.5. The van der Waals surface area contributed by atoms with Crippen LogP contribution >= 0.6 is 11.6 Å². The highest BCUT2D eigenvalue weighted by atomic mass is 35.5. The summed E-state index contributed by atoms with van der Waals surface area (Å²) in [6, 6.07) is 0. The van der Waals surface area contributed by atoms with Crippen LogP contribution in [0.4, 0.5) is 0 Å². The Balaban J connectivity index is 1.91. The number of ketones is 2. The van der Waals surface area contributed by atoms with E-state index in [-0.39, 0.29) is 24.8 Å². The van der Waals surface area contributed by atoms with Gasteiger partial charge >= 0.3 is 17.9 Å². The molecule has 0 amide bonds. The van der Waals surface area contributed by atoms with E-state index in [1.54, 1.807) is 6.92 Å². The molecule has 15 heteroatoms. The fourth-order valence-corrected chi connectivity index (χ4v) is 12.3. The van der Waals surface area contributed by atoms with Crippen molar-refractivity contribution >= 4 is 41.1 Å². The van der Waals surface area contributed by atoms with E-state index in [2.05, 4.69) is 12.1 Å². The number of halogens is 1. The molecule has 1 aliphatic heterocycles. The smallest absolute Gasteiger partial charge is 0.338 e. The second-order valence-corrected chi connectivity index (χ2v) is 17.4. The highest BCUT2D eigenvalue weighted by Gasteiger charge is 2.77. The zero-order valence-electron chi connectivity index (χ0n) is 31.7. The van der Waals surface area contributed by atoms with Gasteiger partial charge < -0.3 is 39.8 Å². The van der Waals surface area contributed by atoms with E-state index in [0.717, 1.165) is 6.92 Å². The number of ether oxygens (including phenoxy) is 2. The average Bonchev–Trinajstić information content (AvgIpc) is 3.27. The van der Waals surface area contributed by atoms with E-state index >= 15 is 0 Å². The summed E-state index contributed by atoms with van der Waals surface area (Å²) in [6.45, 7) is 15.7. The van der Waals surface area contributed by atoms with Gasteiger partial charge in [-0.15, -0.1) is 17.1 Å². The number of nitrogens with one attached hydrogen (secondary N) is 1. The lowest BCUT2D eigenvalue weighted by Crippen LogP contribution is -2.73. The third kappa shape index (κ3) is 5.83. The maximum atomic E-state index is 14.3. The summed E-state index contributed by atoms with van der Waals surface area (Å²) >= 11 is 6.65. The first kappa shape index (κ1) is 41.7. The Bertz CT molecular complexity index is 1540. The van der Waals surface area contributed by atoms with Crippen LogP contribution in [0.25, 0.3) is 0 Å². The molecule has 0 bridgehead atoms. The molecule has 5 aliphatic rings. The van der Waals surface area contributed by atoms with Gasteiger partial charge in [0, 0.05) is 48.9 Å². The number of alkyl halides is 1. The van der Waals surface area contributed by atoms with Crippen LogP contribution in [0.15, 0.2) is 12.2 Å². The fraction of sp³-hybridized carbons (Fsp3) is 0.816. The van der Waals surface area contributed by atoms with Crippen molar-refractivity contribution < 1.29 is 63.8 Å². The predicted molar refractivity (Wildman–Crippen MR) is 187 cm³/mol. The monoisotopic (exact) mass is 769 g/mol. The Morgan fingerprint density at radius 1 is 1.02 bits per heavy atom. The van der Waals surface area contributed by atoms with Crippen molar-refractivity contribution in [2.75, 3.05) is 0 Å². The minimum absolute atomic E-state index is 0.0458. The molecule has 53 heavy (non-hydrogen) atoms. The van der Waals surface area contributed by atoms with Crippen molar-refractivity contribution in [3.63, 3.8) is 0 Å². The van der Waals surface area contributed by atoms with Gasteiger partial charge in [-0.3, -0.25) is 19.2 Å². The number of hydrogen-bond acceptors (Lipinski definition) is 14. The van der Waals surface area contributed by atoms with Gasteiger partial charge in [0.05, 0.1) is 40.7 Å². The molecule has 14 nitrogen and oxygen atoms in total. The maximum absolute atomic E-state index is 14.3. The number of aliphatic hydroxyl groups excluding tert-OH is 4. The summed E-state index contributed by atoms with van der Waals surface area (Å²) in [4.78, 5) is 73.4. The average molecular weight is 770 g/mol. The van der Waals surface area contributed by atoms with E-state index in [1.807, 2.05) is 13.8 Å². The van der Waals surface area contributed by atoms with Crippen molar-refractivity contribution in [2.45, 2.75) is 141 Å². The molecule has 0 radical (unpaired) electrons. The lowest BCUT2D eigenvalue weighted by Gasteiger charge is -2.62. The second-order valence-electron chi connectivity index (χ2n) is 16.9. The molecule has 18 atom stereocenters. The third-order valence-electron chi connectivity index (χ3n) is 14.5. The summed E-state index contributed by atoms with van der Waals surface area (Å²) in [5, 5.41) is 58.8. The number of hydroxylamine groups is 1. The van der Waals surface area contributed by atoms with Gasteiger partial charge in [-0.25, -0.2) is 4.79 Å². The molecular weight excluding hydrogens is 714 g/mol. The van der Waals surface area contributed by atoms with Gasteiger partial charge in [0.1, 0.15) is 23.8 Å². The van der Waals surface area contributed by atoms with Crippen molar-refractivity contribution in [1.29, 1.82) is 0 Å². The van der Waals surface area contributed by atoms with Crippen molar-refractivity contribution in [3.8, 4) is 0 Å². The van der Waals surface area contributed by atoms with E-state index in [4.69, 9.17) is 25.9 Å². The van der Waals surface area contributed by atoms with Gasteiger partial charge in [0.25, 0.3) is 0 Å². The Morgan fingerprint density at radius 3 is 2.17 bits per heavy atom. The molecule has 1 saturated heterocycles. The van der Waals surface area contributed by atoms with E-state index in [9.17, 15) is 49.5 Å². The third-order valence-corrected chi connectivity index (χ3v) is 15.0. The molecule has 4 saturated carbocycles. The van der Waals surface area contributed by atoms with Crippen LogP contribution in [0.5, 0.6) is 0 Å². The van der Waals surface area contributed by atoms with E-state index in [0.29, 0.717) is 12.8 Å². The first-order valence-electron chi connectivity index (χ1n) is 18.6. The Kier molecular flexibility index (Phi) is 11.2. The quantitative estimate of drug-likeness (QED) is 0.0711. The van der Waals surface area contributed by atoms with E-state index < -0.39 is 135 Å². The highest BCUT2D eigenvalue weighted by molar-refractivity contribution is 6.21. The van der Waals surface area contributed by atoms with Crippen LogP contribution in [0, 0.1) is 52.3 Å². The molecule has 1 heterocycles. The topological polar surface area (TPSA) is 226 Å². The normalized spacial score (nSPS) is 49.4. The minimum atomic E-state index is -2.17. The van der Waals surface area contributed by atoms with Crippen LogP contribution < -0.4 is 5.48 Å². The van der Waals surface area contributed by atoms with E-state index in [1.165, 1.54) is 27.7 Å². The van der Waals surface area contributed by atoms with Crippen LogP contribution in [0.2, 0.25) is 0 Å². The molecule has 298 valence electrons. The molecule has 0 aromatic carbocycles. The fourth-order valence-electron chi connectivity index (χ4n) is 12.0. The first-order chi connectivity index (χ1) is 24.5. The Hall–Kier alpha value is -2.46. The van der Waals surface area contributed by atoms with Crippen molar-refractivity contribution in [2.24, 2.45) is 52.3 Å². The highest BCUT2D eigenvalue weighted by Crippen LogP contribution is 2.68. The zero-order chi connectivity index (χ0) is 39.9. The number of fused-ring (bicyclic) bond motifs is 6. The Morgan fingerprint density at radius 2 is 1.64 bits per heavy atom. The second kappa shape index (κ2) is 14.2. The number of hydrogen-bond donors (Lipinski definition) is 6. The van der Waals surface area contributed by atoms with Gasteiger partial charge in [-0.1, -0.05) is 33.8 Å². The summed E-state index contributed by atoms with van der Waals surface area (Å²) in [5.41, 5.74) is -4.31. The SMILES string of the molecule is C=C1C(O)C2C(C(C)=O)CC3C(NOC(C)=O)(CC(O)C(OC(C)=O)C2C2(C(C)=O)C1CC(O)C(Cl)C2O)C(C)C(CCC)C1OC(=O)C(C)(O)C13C. The maximum Gasteiger partial charge on any atom is 0.338 e. The van der Waals surface area contributed by atoms with Crippen LogP contribution in [0.1, 0.15) is 87.5 Å². The standard InChI is InChI=1S/C38H56ClNO13/c1-10-11-21-16(3)37(40-53-20(7)44)14-25(46)31(51-19(6)43)28-27(22(17(4)41)12-26(37)35(8)33(21)52-34(49)36(35,9)50)30(47)15(2)23-13-24(45)29(39)32(48)38(23,28)18(5)42/h16,21-33,40,45-48,50H,2,10-14H2,1,3-9H3. The van der Waals surface area contributed by atoms with Gasteiger partial charge in [0.15, 0.2) is 5.60 Å². The lowest BCUT2D eigenvalue weighted by molar-refractivity contribution is -0.220. The summed E-state index contributed by atoms with van der Waals surface area (Å²) in [7, 11) is 0. The molecule has 18 unspecified atom stereocenters. The summed E-state index contributed by atoms with van der Waals surface area (Å²) < 4.78 is 12.0. The van der Waals surface area contributed by atoms with Crippen molar-refractivity contribution in [3.05, 3.63) is 12.2 Å². The first-order valence-corrected chi connectivity index (χ1v) is 19.0. The van der Waals surface area contributed by atoms with Gasteiger partial charge in [-0.05, 0) is 63.9 Å². The molecule has 5 fully saturated rings. The number of aliphatic hydroxyl groups is 5. The van der Waals surface area contributed by atoms with Gasteiger partial charge in [0.2, 0.25) is 0 Å². The minimum Gasteiger partial charge on any atom is -0.459 e. The molecule has 6 N–H and O–H groups in total. The number of rotatable bonds is 7. The van der Waals surface area contributed by atoms with Crippen LogP contribution in [-0.4, -0.2) is 108 Å². The molecule has 0 aromatic rings. The lowest BCUT2D eigenvalue weighted by atomic mass is 9.43. The predicted octanol–water partition coefficient (Wildman–Crippen LogP) is 1.54. The Labute approximate surface area is 314 Å². The summed E-state index contributed by atoms with van der Waals surface area (Å²) in [5.74, 6) is -11.1. The molecular formula is C38H56ClNO13. The van der Waals surface area contributed by atoms with Gasteiger partial charge in [-0.2, -0.15) is 0 Å². The molecule has 0 spiro atoms. The molecule has 5 rings (SSSR count). The van der Waals surface area contributed by atoms with Crippen LogP contribution in [-0.2, 0) is 38.3 Å². The largest absolute Gasteiger partial charge is 0.459 e. The van der Waals surface area contributed by atoms with Crippen LogP contribution in [0.3, 0.4) is 0 Å². The molecule has 4 aliphatic carbocycles. The number of Topliss-reactive ketones (excluding diaryl/α,β-unsaturated/α-hetero) is 2. The molecule has 0 aromatic heterocycles. The summed E-state index contributed by atoms with van der Waals surface area (Å²) in [6.07, 6.45) is -8.83. The number of esters is 2. The number of carbonyl (C=O) groups is 5. The van der Waals surface area contributed by atoms with Crippen molar-refractivity contribution in [1.82, 2.24) is 5.48 Å². The number of carbonyl (C=O) groups excluding carboxylic acids is 5.